The van der Waals surface area contributed by atoms with Crippen LogP contribution in [0.1, 0.15) is 52.9 Å². The van der Waals surface area contributed by atoms with Crippen molar-refractivity contribution in [1.82, 2.24) is 15.5 Å². The van der Waals surface area contributed by atoms with E-state index in [9.17, 15) is 19.2 Å². The van der Waals surface area contributed by atoms with Gasteiger partial charge in [-0.3, -0.25) is 19.3 Å². The van der Waals surface area contributed by atoms with E-state index in [1.807, 2.05) is 0 Å². The molecule has 0 aromatic carbocycles. The van der Waals surface area contributed by atoms with Gasteiger partial charge in [-0.1, -0.05) is 0 Å². The summed E-state index contributed by atoms with van der Waals surface area (Å²) >= 11 is 0. The van der Waals surface area contributed by atoms with Crippen molar-refractivity contribution in [3.05, 3.63) is 0 Å². The first-order chi connectivity index (χ1) is 11.7. The van der Waals surface area contributed by atoms with Crippen molar-refractivity contribution in [2.45, 2.75) is 64.5 Å². The predicted octanol–water partition coefficient (Wildman–Crippen LogP) is 0.945. The zero-order valence-electron chi connectivity index (χ0n) is 15.1. The molecule has 2 rings (SSSR count). The van der Waals surface area contributed by atoms with Gasteiger partial charge in [0.15, 0.2) is 0 Å². The van der Waals surface area contributed by atoms with Crippen molar-refractivity contribution in [3.8, 4) is 0 Å². The van der Waals surface area contributed by atoms with Gasteiger partial charge in [-0.15, -0.1) is 0 Å². The number of urea groups is 1. The molecule has 4 amide bonds. The van der Waals surface area contributed by atoms with Gasteiger partial charge in [0.05, 0.1) is 12.5 Å². The lowest BCUT2D eigenvalue weighted by Gasteiger charge is -2.16. The lowest BCUT2D eigenvalue weighted by Crippen LogP contribution is -2.40. The van der Waals surface area contributed by atoms with Crippen LogP contribution in [0.2, 0.25) is 0 Å². The smallest absolute Gasteiger partial charge is 0.325 e. The van der Waals surface area contributed by atoms with Gasteiger partial charge in [-0.2, -0.15) is 0 Å². The monoisotopic (exact) mass is 353 g/mol. The molecule has 0 unspecified atom stereocenters. The molecule has 1 aliphatic heterocycles. The third-order valence-corrected chi connectivity index (χ3v) is 4.65. The summed E-state index contributed by atoms with van der Waals surface area (Å²) in [5.41, 5.74) is -0.884. The van der Waals surface area contributed by atoms with E-state index in [-0.39, 0.29) is 42.7 Å². The van der Waals surface area contributed by atoms with E-state index in [1.54, 1.807) is 20.8 Å². The number of amides is 4. The first kappa shape index (κ1) is 19.2. The quantitative estimate of drug-likeness (QED) is 0.524. The van der Waals surface area contributed by atoms with Gasteiger partial charge >= 0.3 is 12.0 Å². The third kappa shape index (κ3) is 4.70. The second kappa shape index (κ2) is 7.84. The van der Waals surface area contributed by atoms with Gasteiger partial charge in [0.2, 0.25) is 5.91 Å². The van der Waals surface area contributed by atoms with Crippen LogP contribution in [0.5, 0.6) is 0 Å². The predicted molar refractivity (Wildman–Crippen MR) is 89.5 cm³/mol. The lowest BCUT2D eigenvalue weighted by atomic mass is 10.1. The molecule has 8 heteroatoms. The first-order valence-corrected chi connectivity index (χ1v) is 8.84. The van der Waals surface area contributed by atoms with Crippen LogP contribution in [0.3, 0.4) is 0 Å². The van der Waals surface area contributed by atoms with Crippen molar-refractivity contribution in [2.75, 3.05) is 13.2 Å². The number of nitrogens with zero attached hydrogens (tertiary/aromatic N) is 1. The summed E-state index contributed by atoms with van der Waals surface area (Å²) in [5.74, 6) is -0.731. The van der Waals surface area contributed by atoms with Gasteiger partial charge < -0.3 is 15.4 Å². The van der Waals surface area contributed by atoms with Crippen LogP contribution >= 0.6 is 0 Å². The molecule has 1 heterocycles. The summed E-state index contributed by atoms with van der Waals surface area (Å²) in [5, 5.41) is 5.53. The van der Waals surface area contributed by atoms with Crippen LogP contribution in [0.4, 0.5) is 4.79 Å². The summed E-state index contributed by atoms with van der Waals surface area (Å²) < 4.78 is 5.01. The Bertz CT molecular complexity index is 560. The van der Waals surface area contributed by atoms with Gasteiger partial charge in [-0.05, 0) is 46.5 Å². The van der Waals surface area contributed by atoms with Gasteiger partial charge in [-0.25, -0.2) is 4.79 Å². The molecule has 8 nitrogen and oxygen atoms in total. The third-order valence-electron chi connectivity index (χ3n) is 4.65. The average Bonchev–Trinajstić information content (AvgIpc) is 3.05. The molecule has 2 aliphatic rings. The first-order valence-electron chi connectivity index (χ1n) is 8.84. The maximum Gasteiger partial charge on any atom is 0.325 e. The van der Waals surface area contributed by atoms with Crippen LogP contribution in [-0.2, 0) is 19.1 Å². The highest BCUT2D eigenvalue weighted by atomic mass is 16.5. The number of carbonyl (C=O) groups is 4. The summed E-state index contributed by atoms with van der Waals surface area (Å²) in [4.78, 5) is 48.7. The molecule has 1 aliphatic carbocycles. The summed E-state index contributed by atoms with van der Waals surface area (Å²) in [6, 6.07) is -0.430. The van der Waals surface area contributed by atoms with Crippen LogP contribution in [0, 0.1) is 5.92 Å². The molecule has 25 heavy (non-hydrogen) atoms. The molecule has 0 spiro atoms. The van der Waals surface area contributed by atoms with E-state index in [0.29, 0.717) is 19.4 Å². The van der Waals surface area contributed by atoms with Gasteiger partial charge in [0.25, 0.3) is 5.91 Å². The molecular formula is C17H27N3O5. The second-order valence-electron chi connectivity index (χ2n) is 7.14. The van der Waals surface area contributed by atoms with Crippen molar-refractivity contribution >= 4 is 23.8 Å². The molecule has 0 aromatic rings. The largest absolute Gasteiger partial charge is 0.466 e. The van der Waals surface area contributed by atoms with E-state index in [4.69, 9.17) is 4.74 Å². The number of nitrogens with one attached hydrogen (secondary N) is 2. The Hall–Kier alpha value is -2.12. The average molecular weight is 353 g/mol. The summed E-state index contributed by atoms with van der Waals surface area (Å²) in [6.07, 6.45) is 2.73. The van der Waals surface area contributed by atoms with Gasteiger partial charge in [0, 0.05) is 19.0 Å². The van der Waals surface area contributed by atoms with Gasteiger partial charge in [0.1, 0.15) is 5.54 Å². The van der Waals surface area contributed by atoms with E-state index in [2.05, 4.69) is 10.6 Å². The molecule has 0 aromatic heterocycles. The fourth-order valence-corrected chi connectivity index (χ4v) is 3.31. The standard InChI is InChI=1S/C17H27N3O5/c1-4-25-14(22)11-7-8-12(10-11)18-13(21)6-5-9-20-15(23)17(2,3)19-16(20)24/h11-12H,4-10H2,1-3H3,(H,18,21)(H,19,24)/t11-,12-/m1/s1. The Morgan fingerprint density at radius 3 is 2.64 bits per heavy atom. The molecule has 1 saturated heterocycles. The molecule has 2 atom stereocenters. The highest BCUT2D eigenvalue weighted by molar-refractivity contribution is 6.06. The van der Waals surface area contributed by atoms with E-state index >= 15 is 0 Å². The Labute approximate surface area is 147 Å². The van der Waals surface area contributed by atoms with Crippen LogP contribution in [0.25, 0.3) is 0 Å². The summed E-state index contributed by atoms with van der Waals surface area (Å²) in [6.45, 7) is 5.67. The van der Waals surface area contributed by atoms with Crippen molar-refractivity contribution in [2.24, 2.45) is 5.92 Å². The van der Waals surface area contributed by atoms with E-state index in [1.165, 1.54) is 0 Å². The lowest BCUT2D eigenvalue weighted by molar-refractivity contribution is -0.147. The van der Waals surface area contributed by atoms with E-state index in [0.717, 1.165) is 17.7 Å². The number of ether oxygens (including phenoxy) is 1. The minimum absolute atomic E-state index is 0.0162. The number of hydrogen-bond donors (Lipinski definition) is 2. The SMILES string of the molecule is CCOC(=O)[C@@H]1CC[C@@H](NC(=O)CCCN2C(=O)NC(C)(C)C2=O)C1. The summed E-state index contributed by atoms with van der Waals surface area (Å²) in [7, 11) is 0. The number of imide groups is 1. The number of rotatable bonds is 7. The Balaban J connectivity index is 1.69. The topological polar surface area (TPSA) is 105 Å². The molecule has 1 saturated carbocycles. The second-order valence-corrected chi connectivity index (χ2v) is 7.14. The van der Waals surface area contributed by atoms with Crippen molar-refractivity contribution in [3.63, 3.8) is 0 Å². The zero-order chi connectivity index (χ0) is 18.6. The minimum atomic E-state index is -0.884. The molecule has 0 bridgehead atoms. The Kier molecular flexibility index (Phi) is 6.02. The number of esters is 1. The molecular weight excluding hydrogens is 326 g/mol. The highest BCUT2D eigenvalue weighted by Gasteiger charge is 2.43. The van der Waals surface area contributed by atoms with Crippen LogP contribution < -0.4 is 10.6 Å². The number of carbonyl (C=O) groups excluding carboxylic acids is 4. The number of hydrogen-bond acceptors (Lipinski definition) is 5. The fourth-order valence-electron chi connectivity index (χ4n) is 3.31. The maximum atomic E-state index is 12.0. The molecule has 0 radical (unpaired) electrons. The van der Waals surface area contributed by atoms with Crippen molar-refractivity contribution < 1.29 is 23.9 Å². The normalized spacial score (nSPS) is 25.0. The Morgan fingerprint density at radius 2 is 2.04 bits per heavy atom. The maximum absolute atomic E-state index is 12.0. The van der Waals surface area contributed by atoms with Crippen LogP contribution in [-0.4, -0.2) is 53.4 Å². The fraction of sp³-hybridized carbons (Fsp3) is 0.765. The minimum Gasteiger partial charge on any atom is -0.466 e. The zero-order valence-corrected chi connectivity index (χ0v) is 15.1. The highest BCUT2D eigenvalue weighted by Crippen LogP contribution is 2.26. The molecule has 2 N–H and O–H groups in total. The van der Waals surface area contributed by atoms with Crippen molar-refractivity contribution in [1.29, 1.82) is 0 Å². The Morgan fingerprint density at radius 1 is 1.32 bits per heavy atom. The molecule has 2 fully saturated rings. The molecule has 140 valence electrons. The van der Waals surface area contributed by atoms with E-state index < -0.39 is 11.6 Å². The van der Waals surface area contributed by atoms with Crippen LogP contribution in [0.15, 0.2) is 0 Å².